The van der Waals surface area contributed by atoms with Crippen molar-refractivity contribution in [3.63, 3.8) is 0 Å². The van der Waals surface area contributed by atoms with Crippen molar-refractivity contribution >= 4 is 43.6 Å². The lowest BCUT2D eigenvalue weighted by molar-refractivity contribution is -0.117. The second-order valence-corrected chi connectivity index (χ2v) is 5.95. The molecule has 0 spiro atoms. The number of aromatic nitrogens is 2. The Hall–Kier alpha value is -0.490. The molecule has 0 saturated heterocycles. The number of carbonyl (C=O) groups excluding carboxylic acids is 1. The van der Waals surface area contributed by atoms with E-state index in [9.17, 15) is 4.79 Å². The molecule has 1 amide bonds. The Morgan fingerprint density at radius 3 is 2.50 bits per heavy atom. The van der Waals surface area contributed by atoms with Crippen molar-refractivity contribution in [2.45, 2.75) is 18.2 Å². The highest BCUT2D eigenvalue weighted by Crippen LogP contribution is 2.17. The Morgan fingerprint density at radius 2 is 2.07 bits per heavy atom. The number of amides is 1. The molecule has 0 aliphatic carbocycles. The molecular formula is C8H9Br2N3O. The Bertz CT molecular complexity index is 331. The number of carbonyl (C=O) groups is 1. The number of alkyl halides is 1. The van der Waals surface area contributed by atoms with E-state index in [2.05, 4.69) is 47.1 Å². The molecule has 0 fully saturated rings. The number of hydrogen-bond acceptors (Lipinski definition) is 3. The summed E-state index contributed by atoms with van der Waals surface area (Å²) in [6.45, 7) is 3.52. The lowest BCUT2D eigenvalue weighted by Gasteiger charge is -2.14. The Morgan fingerprint density at radius 1 is 1.43 bits per heavy atom. The Labute approximate surface area is 98.8 Å². The van der Waals surface area contributed by atoms with Gasteiger partial charge < -0.3 is 5.32 Å². The molecule has 1 aromatic rings. The van der Waals surface area contributed by atoms with Gasteiger partial charge in [-0.3, -0.25) is 4.79 Å². The lowest BCUT2D eigenvalue weighted by atomic mass is 10.2. The van der Waals surface area contributed by atoms with Crippen LogP contribution in [0.15, 0.2) is 17.0 Å². The van der Waals surface area contributed by atoms with Crippen molar-refractivity contribution in [3.8, 4) is 0 Å². The van der Waals surface area contributed by atoms with Crippen LogP contribution in [0, 0.1) is 0 Å². The number of anilines is 1. The predicted molar refractivity (Wildman–Crippen MR) is 61.4 cm³/mol. The SMILES string of the molecule is CC(C)(Br)C(=O)Nc1cnc(Br)cn1. The van der Waals surface area contributed by atoms with Crippen LogP contribution in [0.1, 0.15) is 13.8 Å². The maximum absolute atomic E-state index is 11.5. The van der Waals surface area contributed by atoms with Crippen LogP contribution in [0.5, 0.6) is 0 Å². The maximum Gasteiger partial charge on any atom is 0.241 e. The quantitative estimate of drug-likeness (QED) is 0.850. The fraction of sp³-hybridized carbons (Fsp3) is 0.375. The standard InChI is InChI=1S/C8H9Br2N3O/c1-8(2,10)7(14)13-6-4-11-5(9)3-12-6/h3-4H,1-2H3,(H,12,13,14). The van der Waals surface area contributed by atoms with E-state index < -0.39 is 4.32 Å². The maximum atomic E-state index is 11.5. The minimum absolute atomic E-state index is 0.158. The molecule has 0 aliphatic rings. The van der Waals surface area contributed by atoms with Crippen LogP contribution in [0.2, 0.25) is 0 Å². The fourth-order valence-corrected chi connectivity index (χ4v) is 0.946. The van der Waals surface area contributed by atoms with E-state index in [1.165, 1.54) is 12.4 Å². The van der Waals surface area contributed by atoms with E-state index >= 15 is 0 Å². The van der Waals surface area contributed by atoms with Gasteiger partial charge in [0.1, 0.15) is 4.60 Å². The molecule has 0 aliphatic heterocycles. The zero-order valence-corrected chi connectivity index (χ0v) is 10.9. The first-order chi connectivity index (χ1) is 6.39. The summed E-state index contributed by atoms with van der Waals surface area (Å²) in [7, 11) is 0. The highest BCUT2D eigenvalue weighted by molar-refractivity contribution is 9.10. The molecule has 14 heavy (non-hydrogen) atoms. The number of rotatable bonds is 2. The molecule has 0 aromatic carbocycles. The van der Waals surface area contributed by atoms with Gasteiger partial charge in [0.15, 0.2) is 5.82 Å². The smallest absolute Gasteiger partial charge is 0.241 e. The van der Waals surface area contributed by atoms with Gasteiger partial charge in [-0.25, -0.2) is 9.97 Å². The lowest BCUT2D eigenvalue weighted by Crippen LogP contribution is -2.31. The van der Waals surface area contributed by atoms with Gasteiger partial charge >= 0.3 is 0 Å². The van der Waals surface area contributed by atoms with Crippen molar-refractivity contribution in [1.82, 2.24) is 9.97 Å². The largest absolute Gasteiger partial charge is 0.308 e. The van der Waals surface area contributed by atoms with E-state index in [1.54, 1.807) is 13.8 Å². The van der Waals surface area contributed by atoms with Crippen LogP contribution >= 0.6 is 31.9 Å². The van der Waals surface area contributed by atoms with E-state index in [-0.39, 0.29) is 5.91 Å². The third-order valence-electron chi connectivity index (χ3n) is 1.40. The summed E-state index contributed by atoms with van der Waals surface area (Å²) in [5, 5.41) is 2.63. The number of halogens is 2. The summed E-state index contributed by atoms with van der Waals surface area (Å²) in [5.41, 5.74) is 0. The van der Waals surface area contributed by atoms with Gasteiger partial charge in [-0.15, -0.1) is 0 Å². The van der Waals surface area contributed by atoms with Crippen molar-refractivity contribution < 1.29 is 4.79 Å². The molecule has 4 nitrogen and oxygen atoms in total. The molecule has 0 radical (unpaired) electrons. The van der Waals surface area contributed by atoms with Crippen LogP contribution in [-0.4, -0.2) is 20.2 Å². The van der Waals surface area contributed by atoms with Gasteiger partial charge in [-0.2, -0.15) is 0 Å². The molecule has 0 unspecified atom stereocenters. The highest BCUT2D eigenvalue weighted by atomic mass is 79.9. The summed E-state index contributed by atoms with van der Waals surface area (Å²) < 4.78 is 0.0236. The summed E-state index contributed by atoms with van der Waals surface area (Å²) >= 11 is 6.40. The van der Waals surface area contributed by atoms with Gasteiger partial charge in [-0.1, -0.05) is 15.9 Å². The first-order valence-electron chi connectivity index (χ1n) is 3.87. The highest BCUT2D eigenvalue weighted by Gasteiger charge is 2.23. The number of nitrogens with one attached hydrogen (secondary N) is 1. The van der Waals surface area contributed by atoms with Crippen molar-refractivity contribution in [2.24, 2.45) is 0 Å². The monoisotopic (exact) mass is 321 g/mol. The van der Waals surface area contributed by atoms with Crippen LogP contribution in [0.4, 0.5) is 5.82 Å². The zero-order chi connectivity index (χ0) is 10.8. The van der Waals surface area contributed by atoms with Crippen LogP contribution in [0.25, 0.3) is 0 Å². The van der Waals surface area contributed by atoms with Crippen LogP contribution in [-0.2, 0) is 4.79 Å². The zero-order valence-electron chi connectivity index (χ0n) is 7.71. The number of nitrogens with zero attached hydrogens (tertiary/aromatic N) is 2. The molecule has 1 aromatic heterocycles. The van der Waals surface area contributed by atoms with Crippen molar-refractivity contribution in [2.75, 3.05) is 5.32 Å². The first kappa shape index (κ1) is 11.6. The van der Waals surface area contributed by atoms with Crippen LogP contribution in [0.3, 0.4) is 0 Å². The van der Waals surface area contributed by atoms with Gasteiger partial charge in [0.25, 0.3) is 0 Å². The Balaban J connectivity index is 2.71. The minimum Gasteiger partial charge on any atom is -0.308 e. The third kappa shape index (κ3) is 3.34. The number of hydrogen-bond donors (Lipinski definition) is 1. The second kappa shape index (κ2) is 4.35. The molecule has 1 rings (SSSR count). The fourth-order valence-electron chi connectivity index (χ4n) is 0.642. The average Bonchev–Trinajstić information content (AvgIpc) is 2.07. The summed E-state index contributed by atoms with van der Waals surface area (Å²) in [4.78, 5) is 19.4. The van der Waals surface area contributed by atoms with Crippen molar-refractivity contribution in [3.05, 3.63) is 17.0 Å². The molecule has 1 heterocycles. The normalized spacial score (nSPS) is 11.1. The predicted octanol–water partition coefficient (Wildman–Crippen LogP) is 2.35. The Kier molecular flexibility index (Phi) is 3.60. The van der Waals surface area contributed by atoms with E-state index in [0.29, 0.717) is 10.4 Å². The van der Waals surface area contributed by atoms with E-state index in [1.807, 2.05) is 0 Å². The van der Waals surface area contributed by atoms with E-state index in [4.69, 9.17) is 0 Å². The second-order valence-electron chi connectivity index (χ2n) is 3.15. The topological polar surface area (TPSA) is 54.9 Å². The minimum atomic E-state index is -0.609. The molecule has 0 atom stereocenters. The first-order valence-corrected chi connectivity index (χ1v) is 5.46. The molecule has 0 saturated carbocycles. The molecule has 1 N–H and O–H groups in total. The molecule has 0 bridgehead atoms. The molecular weight excluding hydrogens is 314 g/mol. The average molecular weight is 323 g/mol. The molecule has 6 heteroatoms. The van der Waals surface area contributed by atoms with E-state index in [0.717, 1.165) is 0 Å². The summed E-state index contributed by atoms with van der Waals surface area (Å²) in [5.74, 6) is 0.278. The summed E-state index contributed by atoms with van der Waals surface area (Å²) in [6.07, 6.45) is 3.01. The third-order valence-corrected chi connectivity index (χ3v) is 2.17. The van der Waals surface area contributed by atoms with Gasteiger partial charge in [-0.05, 0) is 29.8 Å². The van der Waals surface area contributed by atoms with Gasteiger partial charge in [0, 0.05) is 0 Å². The molecule has 76 valence electrons. The van der Waals surface area contributed by atoms with Gasteiger partial charge in [0.05, 0.1) is 16.7 Å². The van der Waals surface area contributed by atoms with Gasteiger partial charge in [0.2, 0.25) is 5.91 Å². The van der Waals surface area contributed by atoms with Crippen LogP contribution < -0.4 is 5.32 Å². The van der Waals surface area contributed by atoms with Crippen molar-refractivity contribution in [1.29, 1.82) is 0 Å². The summed E-state index contributed by atoms with van der Waals surface area (Å²) in [6, 6.07) is 0.